The molecule has 0 aliphatic carbocycles. The lowest BCUT2D eigenvalue weighted by atomic mass is 10.0. The smallest absolute Gasteiger partial charge is 0.408 e. The minimum atomic E-state index is -0.827. The molecule has 4 N–H and O–H groups in total. The first-order valence-electron chi connectivity index (χ1n) is 8.77. The van der Waals surface area contributed by atoms with E-state index >= 15 is 0 Å². The van der Waals surface area contributed by atoms with Crippen LogP contribution >= 0.6 is 0 Å². The monoisotopic (exact) mass is 363 g/mol. The minimum Gasteiger partial charge on any atom is -0.445 e. The van der Waals surface area contributed by atoms with Crippen molar-refractivity contribution in [1.82, 2.24) is 10.6 Å². The first-order chi connectivity index (χ1) is 12.2. The summed E-state index contributed by atoms with van der Waals surface area (Å²) in [6.45, 7) is 7.56. The summed E-state index contributed by atoms with van der Waals surface area (Å²) in [5.74, 6) is -1.05. The van der Waals surface area contributed by atoms with Gasteiger partial charge in [-0.05, 0) is 23.8 Å². The summed E-state index contributed by atoms with van der Waals surface area (Å²) in [6.07, 6.45) is -0.258. The Morgan fingerprint density at radius 1 is 1.04 bits per heavy atom. The van der Waals surface area contributed by atoms with Gasteiger partial charge in [-0.2, -0.15) is 0 Å². The molecule has 1 rings (SSSR count). The molecule has 0 heterocycles. The van der Waals surface area contributed by atoms with E-state index in [1.54, 1.807) is 13.8 Å². The molecule has 0 unspecified atom stereocenters. The largest absolute Gasteiger partial charge is 0.445 e. The van der Waals surface area contributed by atoms with Gasteiger partial charge in [-0.3, -0.25) is 9.59 Å². The van der Waals surface area contributed by atoms with Gasteiger partial charge in [-0.25, -0.2) is 4.79 Å². The van der Waals surface area contributed by atoms with Crippen molar-refractivity contribution in [2.24, 2.45) is 17.6 Å². The van der Waals surface area contributed by atoms with Gasteiger partial charge in [0.1, 0.15) is 18.7 Å². The lowest BCUT2D eigenvalue weighted by Gasteiger charge is -2.24. The van der Waals surface area contributed by atoms with Crippen molar-refractivity contribution < 1.29 is 19.1 Å². The zero-order valence-electron chi connectivity index (χ0n) is 15.8. The van der Waals surface area contributed by atoms with E-state index in [1.807, 2.05) is 44.2 Å². The molecule has 1 aromatic carbocycles. The summed E-state index contributed by atoms with van der Waals surface area (Å²) < 4.78 is 5.15. The van der Waals surface area contributed by atoms with Crippen LogP contribution in [0, 0.1) is 11.8 Å². The van der Waals surface area contributed by atoms with Gasteiger partial charge in [-0.1, -0.05) is 58.0 Å². The third-order valence-electron chi connectivity index (χ3n) is 3.80. The molecule has 0 saturated heterocycles. The van der Waals surface area contributed by atoms with Crippen LogP contribution in [0.3, 0.4) is 0 Å². The highest BCUT2D eigenvalue weighted by Crippen LogP contribution is 2.08. The number of amides is 3. The molecule has 7 nitrogen and oxygen atoms in total. The number of primary amides is 1. The van der Waals surface area contributed by atoms with Crippen LogP contribution in [0.4, 0.5) is 4.79 Å². The van der Waals surface area contributed by atoms with Crippen molar-refractivity contribution in [3.63, 3.8) is 0 Å². The quantitative estimate of drug-likeness (QED) is 0.623. The number of ether oxygens (including phenoxy) is 1. The van der Waals surface area contributed by atoms with E-state index < -0.39 is 30.0 Å². The summed E-state index contributed by atoms with van der Waals surface area (Å²) in [4.78, 5) is 36.1. The molecular formula is C19H29N3O4. The Morgan fingerprint density at radius 2 is 1.65 bits per heavy atom. The first kappa shape index (κ1) is 21.5. The van der Waals surface area contributed by atoms with Crippen molar-refractivity contribution in [2.45, 2.75) is 52.8 Å². The summed E-state index contributed by atoms with van der Waals surface area (Å²) in [5.41, 5.74) is 6.20. The van der Waals surface area contributed by atoms with Crippen LogP contribution in [0.15, 0.2) is 30.3 Å². The van der Waals surface area contributed by atoms with E-state index in [2.05, 4.69) is 10.6 Å². The third kappa shape index (κ3) is 7.55. The molecule has 1 aromatic rings. The van der Waals surface area contributed by atoms with Gasteiger partial charge in [-0.15, -0.1) is 0 Å². The maximum absolute atomic E-state index is 12.5. The fourth-order valence-corrected chi connectivity index (χ4v) is 2.41. The lowest BCUT2D eigenvalue weighted by Crippen LogP contribution is -2.55. The molecule has 0 saturated carbocycles. The normalized spacial score (nSPS) is 13.2. The Kier molecular flexibility index (Phi) is 8.61. The van der Waals surface area contributed by atoms with Gasteiger partial charge in [0.25, 0.3) is 0 Å². The Balaban J connectivity index is 2.64. The molecular weight excluding hydrogens is 334 g/mol. The Bertz CT molecular complexity index is 602. The van der Waals surface area contributed by atoms with Gasteiger partial charge >= 0.3 is 6.09 Å². The molecule has 0 spiro atoms. The molecule has 0 aromatic heterocycles. The Morgan fingerprint density at radius 3 is 2.15 bits per heavy atom. The molecule has 3 amide bonds. The maximum atomic E-state index is 12.5. The molecule has 0 radical (unpaired) electrons. The van der Waals surface area contributed by atoms with Crippen molar-refractivity contribution in [1.29, 1.82) is 0 Å². The van der Waals surface area contributed by atoms with Crippen LogP contribution in [-0.2, 0) is 20.9 Å². The number of carbonyl (C=O) groups excluding carboxylic acids is 3. The highest BCUT2D eigenvalue weighted by Gasteiger charge is 2.28. The molecule has 0 aliphatic rings. The van der Waals surface area contributed by atoms with E-state index in [0.717, 1.165) is 5.56 Å². The minimum absolute atomic E-state index is 0.108. The van der Waals surface area contributed by atoms with Crippen molar-refractivity contribution in [3.8, 4) is 0 Å². The van der Waals surface area contributed by atoms with Crippen LogP contribution in [-0.4, -0.2) is 30.0 Å². The fourth-order valence-electron chi connectivity index (χ4n) is 2.41. The number of carbonyl (C=O) groups is 3. The predicted molar refractivity (Wildman–Crippen MR) is 99.0 cm³/mol. The van der Waals surface area contributed by atoms with Crippen LogP contribution in [0.25, 0.3) is 0 Å². The van der Waals surface area contributed by atoms with Gasteiger partial charge in [0, 0.05) is 0 Å². The topological polar surface area (TPSA) is 111 Å². The Labute approximate surface area is 154 Å². The molecule has 0 fully saturated rings. The second-order valence-corrected chi connectivity index (χ2v) is 7.02. The second kappa shape index (κ2) is 10.4. The van der Waals surface area contributed by atoms with E-state index in [4.69, 9.17) is 10.5 Å². The summed E-state index contributed by atoms with van der Waals surface area (Å²) in [5, 5.41) is 5.18. The summed E-state index contributed by atoms with van der Waals surface area (Å²) in [7, 11) is 0. The first-order valence-corrected chi connectivity index (χ1v) is 8.77. The number of nitrogens with two attached hydrogens (primary N) is 1. The SMILES string of the molecule is CC(C)C[C@@H](NC(=O)[C@H](NC(=O)OCc1ccccc1)C(C)C)C(N)=O. The van der Waals surface area contributed by atoms with Crippen molar-refractivity contribution >= 4 is 17.9 Å². The third-order valence-corrected chi connectivity index (χ3v) is 3.80. The van der Waals surface area contributed by atoms with Crippen molar-refractivity contribution in [3.05, 3.63) is 35.9 Å². The van der Waals surface area contributed by atoms with E-state index in [1.165, 1.54) is 0 Å². The number of nitrogens with one attached hydrogen (secondary N) is 2. The molecule has 0 aliphatic heterocycles. The Hall–Kier alpha value is -2.57. The van der Waals surface area contributed by atoms with Gasteiger partial charge < -0.3 is 21.1 Å². The molecule has 144 valence electrons. The lowest BCUT2D eigenvalue weighted by molar-refractivity contribution is -0.129. The average molecular weight is 363 g/mol. The highest BCUT2D eigenvalue weighted by atomic mass is 16.5. The van der Waals surface area contributed by atoms with E-state index in [-0.39, 0.29) is 18.4 Å². The molecule has 2 atom stereocenters. The number of benzene rings is 1. The predicted octanol–water partition coefficient (Wildman–Crippen LogP) is 1.95. The number of rotatable bonds is 9. The number of hydrogen-bond acceptors (Lipinski definition) is 4. The van der Waals surface area contributed by atoms with E-state index in [0.29, 0.717) is 6.42 Å². The standard InChI is InChI=1S/C19H29N3O4/c1-12(2)10-15(17(20)23)21-18(24)16(13(3)4)22-19(25)26-11-14-8-6-5-7-9-14/h5-9,12-13,15-16H,10-11H2,1-4H3,(H2,20,23)(H,21,24)(H,22,25)/t15-,16-/m1/s1. The van der Waals surface area contributed by atoms with E-state index in [9.17, 15) is 14.4 Å². The fraction of sp³-hybridized carbons (Fsp3) is 0.526. The van der Waals surface area contributed by atoms with Crippen LogP contribution in [0.2, 0.25) is 0 Å². The summed E-state index contributed by atoms with van der Waals surface area (Å²) >= 11 is 0. The van der Waals surface area contributed by atoms with Gasteiger partial charge in [0.2, 0.25) is 11.8 Å². The highest BCUT2D eigenvalue weighted by molar-refractivity contribution is 5.90. The average Bonchev–Trinajstić information content (AvgIpc) is 2.57. The van der Waals surface area contributed by atoms with Crippen LogP contribution < -0.4 is 16.4 Å². The zero-order chi connectivity index (χ0) is 19.7. The number of hydrogen-bond donors (Lipinski definition) is 3. The molecule has 7 heteroatoms. The van der Waals surface area contributed by atoms with Crippen LogP contribution in [0.1, 0.15) is 39.7 Å². The zero-order valence-corrected chi connectivity index (χ0v) is 15.8. The van der Waals surface area contributed by atoms with Crippen molar-refractivity contribution in [2.75, 3.05) is 0 Å². The molecule has 0 bridgehead atoms. The maximum Gasteiger partial charge on any atom is 0.408 e. The molecule has 26 heavy (non-hydrogen) atoms. The second-order valence-electron chi connectivity index (χ2n) is 7.02. The summed E-state index contributed by atoms with van der Waals surface area (Å²) in [6, 6.07) is 7.64. The van der Waals surface area contributed by atoms with Crippen LogP contribution in [0.5, 0.6) is 0 Å². The van der Waals surface area contributed by atoms with Gasteiger partial charge in [0.05, 0.1) is 0 Å². The van der Waals surface area contributed by atoms with Gasteiger partial charge in [0.15, 0.2) is 0 Å². The number of alkyl carbamates (subject to hydrolysis) is 1.